The van der Waals surface area contributed by atoms with Crippen molar-refractivity contribution in [3.8, 4) is 11.1 Å². The quantitative estimate of drug-likeness (QED) is 0.539. The van der Waals surface area contributed by atoms with E-state index in [0.717, 1.165) is 5.82 Å². The normalized spacial score (nSPS) is 12.2. The van der Waals surface area contributed by atoms with Crippen LogP contribution in [0.1, 0.15) is 17.8 Å². The van der Waals surface area contributed by atoms with E-state index >= 15 is 0 Å². The fourth-order valence-electron chi connectivity index (χ4n) is 3.01. The maximum absolute atomic E-state index is 5.77. The fraction of sp³-hybridized carbons (Fsp3) is 0.100. The summed E-state index contributed by atoms with van der Waals surface area (Å²) in [5, 5.41) is 4.73. The lowest BCUT2D eigenvalue weighted by Gasteiger charge is -2.15. The Labute approximate surface area is 150 Å². The summed E-state index contributed by atoms with van der Waals surface area (Å²) in [6, 6.07) is 20.9. The number of anilines is 2. The van der Waals surface area contributed by atoms with E-state index in [1.165, 1.54) is 32.4 Å². The number of fused-ring (bicyclic) bond motifs is 1. The maximum atomic E-state index is 5.77. The van der Waals surface area contributed by atoms with Crippen molar-refractivity contribution in [1.82, 2.24) is 9.97 Å². The molecular formula is C20H18N4S. The van der Waals surface area contributed by atoms with Gasteiger partial charge in [0.2, 0.25) is 0 Å². The van der Waals surface area contributed by atoms with Gasteiger partial charge in [-0.25, -0.2) is 9.97 Å². The van der Waals surface area contributed by atoms with Gasteiger partial charge in [0.25, 0.3) is 0 Å². The molecule has 1 unspecified atom stereocenters. The molecule has 0 amide bonds. The Kier molecular flexibility index (Phi) is 4.07. The average Bonchev–Trinajstić information content (AvgIpc) is 3.02. The Morgan fingerprint density at radius 1 is 1.00 bits per heavy atom. The van der Waals surface area contributed by atoms with Gasteiger partial charge in [-0.15, -0.1) is 11.3 Å². The van der Waals surface area contributed by atoms with Crippen LogP contribution in [-0.4, -0.2) is 9.97 Å². The molecule has 4 nitrogen and oxygen atoms in total. The van der Waals surface area contributed by atoms with Crippen molar-refractivity contribution in [3.05, 3.63) is 71.9 Å². The van der Waals surface area contributed by atoms with Crippen molar-refractivity contribution < 1.29 is 0 Å². The summed E-state index contributed by atoms with van der Waals surface area (Å²) in [4.78, 5) is 9.49. The Hall–Kier alpha value is -2.92. The molecule has 1 atom stereocenters. The van der Waals surface area contributed by atoms with Crippen molar-refractivity contribution in [2.75, 3.05) is 11.1 Å². The Morgan fingerprint density at radius 3 is 2.56 bits per heavy atom. The predicted octanol–water partition coefficient (Wildman–Crippen LogP) is 5.11. The lowest BCUT2D eigenvalue weighted by molar-refractivity contribution is 0.896. The SMILES string of the molecule is CC(Nc1cc(N)ncn1)c1sc2ccccc2c1-c1ccccc1. The summed E-state index contributed by atoms with van der Waals surface area (Å²) in [6.07, 6.45) is 1.48. The number of nitrogen functional groups attached to an aromatic ring is 1. The number of nitrogens with one attached hydrogen (secondary N) is 1. The first-order valence-electron chi connectivity index (χ1n) is 8.13. The summed E-state index contributed by atoms with van der Waals surface area (Å²) in [7, 11) is 0. The number of benzene rings is 2. The van der Waals surface area contributed by atoms with Crippen molar-refractivity contribution in [2.45, 2.75) is 13.0 Å². The van der Waals surface area contributed by atoms with Crippen LogP contribution >= 0.6 is 11.3 Å². The fourth-order valence-corrected chi connectivity index (χ4v) is 4.24. The second-order valence-electron chi connectivity index (χ2n) is 5.90. The van der Waals surface area contributed by atoms with Crippen LogP contribution in [0.15, 0.2) is 67.0 Å². The number of hydrogen-bond acceptors (Lipinski definition) is 5. The summed E-state index contributed by atoms with van der Waals surface area (Å²) in [5.74, 6) is 1.20. The zero-order chi connectivity index (χ0) is 17.2. The van der Waals surface area contributed by atoms with Crippen LogP contribution in [0, 0.1) is 0 Å². The molecule has 4 rings (SSSR count). The van der Waals surface area contributed by atoms with Gasteiger partial charge in [-0.2, -0.15) is 0 Å². The lowest BCUT2D eigenvalue weighted by atomic mass is 9.99. The molecule has 0 radical (unpaired) electrons. The molecular weight excluding hydrogens is 328 g/mol. The molecule has 0 bridgehead atoms. The minimum Gasteiger partial charge on any atom is -0.384 e. The first kappa shape index (κ1) is 15.6. The van der Waals surface area contributed by atoms with Crippen LogP contribution in [-0.2, 0) is 0 Å². The van der Waals surface area contributed by atoms with Crippen molar-refractivity contribution in [1.29, 1.82) is 0 Å². The van der Waals surface area contributed by atoms with Crippen molar-refractivity contribution in [3.63, 3.8) is 0 Å². The highest BCUT2D eigenvalue weighted by Gasteiger charge is 2.19. The predicted molar refractivity (Wildman–Crippen MR) is 106 cm³/mol. The minimum absolute atomic E-state index is 0.0990. The smallest absolute Gasteiger partial charge is 0.131 e. The minimum atomic E-state index is 0.0990. The Bertz CT molecular complexity index is 1010. The first-order chi connectivity index (χ1) is 12.2. The monoisotopic (exact) mass is 346 g/mol. The third-order valence-corrected chi connectivity index (χ3v) is 5.48. The molecule has 124 valence electrons. The zero-order valence-electron chi connectivity index (χ0n) is 13.8. The van der Waals surface area contributed by atoms with Crippen LogP contribution in [0.2, 0.25) is 0 Å². The number of rotatable bonds is 4. The number of thiophene rings is 1. The van der Waals surface area contributed by atoms with E-state index in [4.69, 9.17) is 5.73 Å². The number of nitrogens with zero attached hydrogens (tertiary/aromatic N) is 2. The number of aromatic nitrogens is 2. The highest BCUT2D eigenvalue weighted by molar-refractivity contribution is 7.19. The average molecular weight is 346 g/mol. The van der Waals surface area contributed by atoms with E-state index in [1.807, 2.05) is 17.4 Å². The molecule has 0 saturated carbocycles. The molecule has 5 heteroatoms. The standard InChI is InChI=1S/C20H18N4S/c1-13(24-18-11-17(21)22-12-23-18)20-19(14-7-3-2-4-8-14)15-9-5-6-10-16(15)25-20/h2-13H,1H3,(H3,21,22,23,24). The molecule has 0 aliphatic carbocycles. The molecule has 2 heterocycles. The van der Waals surface area contributed by atoms with Crippen LogP contribution in [0.3, 0.4) is 0 Å². The van der Waals surface area contributed by atoms with Gasteiger partial charge in [0, 0.05) is 26.6 Å². The van der Waals surface area contributed by atoms with Gasteiger partial charge in [0.05, 0.1) is 6.04 Å². The van der Waals surface area contributed by atoms with Crippen LogP contribution < -0.4 is 11.1 Å². The molecule has 3 N–H and O–H groups in total. The molecule has 0 aliphatic rings. The van der Waals surface area contributed by atoms with E-state index in [1.54, 1.807) is 6.07 Å². The molecule has 0 aliphatic heterocycles. The molecule has 2 aromatic carbocycles. The molecule has 0 saturated heterocycles. The first-order valence-corrected chi connectivity index (χ1v) is 8.95. The van der Waals surface area contributed by atoms with Gasteiger partial charge in [-0.3, -0.25) is 0 Å². The third-order valence-electron chi connectivity index (χ3n) is 4.13. The van der Waals surface area contributed by atoms with E-state index in [-0.39, 0.29) is 6.04 Å². The highest BCUT2D eigenvalue weighted by atomic mass is 32.1. The lowest BCUT2D eigenvalue weighted by Crippen LogP contribution is -2.08. The maximum Gasteiger partial charge on any atom is 0.131 e. The molecule has 0 spiro atoms. The Morgan fingerprint density at radius 2 is 1.76 bits per heavy atom. The van der Waals surface area contributed by atoms with Crippen molar-refractivity contribution in [2.24, 2.45) is 0 Å². The second-order valence-corrected chi connectivity index (χ2v) is 6.98. The van der Waals surface area contributed by atoms with E-state index in [9.17, 15) is 0 Å². The number of nitrogens with two attached hydrogens (primary N) is 1. The molecule has 0 fully saturated rings. The summed E-state index contributed by atoms with van der Waals surface area (Å²) in [5.41, 5.74) is 8.28. The van der Waals surface area contributed by atoms with E-state index < -0.39 is 0 Å². The highest BCUT2D eigenvalue weighted by Crippen LogP contribution is 2.42. The molecule has 25 heavy (non-hydrogen) atoms. The van der Waals surface area contributed by atoms with Gasteiger partial charge in [-0.05, 0) is 18.6 Å². The van der Waals surface area contributed by atoms with E-state index in [2.05, 4.69) is 70.7 Å². The van der Waals surface area contributed by atoms with Crippen LogP contribution in [0.4, 0.5) is 11.6 Å². The molecule has 4 aromatic rings. The topological polar surface area (TPSA) is 63.8 Å². The van der Waals surface area contributed by atoms with Crippen LogP contribution in [0.5, 0.6) is 0 Å². The van der Waals surface area contributed by atoms with Gasteiger partial charge in [-0.1, -0.05) is 48.5 Å². The summed E-state index contributed by atoms with van der Waals surface area (Å²) < 4.78 is 1.28. The van der Waals surface area contributed by atoms with Gasteiger partial charge in [0.1, 0.15) is 18.0 Å². The van der Waals surface area contributed by atoms with Gasteiger partial charge < -0.3 is 11.1 Å². The summed E-state index contributed by atoms with van der Waals surface area (Å²) >= 11 is 1.81. The zero-order valence-corrected chi connectivity index (χ0v) is 14.6. The summed E-state index contributed by atoms with van der Waals surface area (Å²) in [6.45, 7) is 2.15. The molecule has 2 aromatic heterocycles. The largest absolute Gasteiger partial charge is 0.384 e. The third kappa shape index (κ3) is 3.06. The van der Waals surface area contributed by atoms with Crippen molar-refractivity contribution >= 4 is 33.1 Å². The number of hydrogen-bond donors (Lipinski definition) is 2. The van der Waals surface area contributed by atoms with Gasteiger partial charge >= 0.3 is 0 Å². The second kappa shape index (κ2) is 6.53. The van der Waals surface area contributed by atoms with Crippen LogP contribution in [0.25, 0.3) is 21.2 Å². The Balaban J connectivity index is 1.81. The van der Waals surface area contributed by atoms with Gasteiger partial charge in [0.15, 0.2) is 0 Å². The van der Waals surface area contributed by atoms with E-state index in [0.29, 0.717) is 5.82 Å².